The molecule has 0 saturated heterocycles. The van der Waals surface area contributed by atoms with Gasteiger partial charge < -0.3 is 10.4 Å². The van der Waals surface area contributed by atoms with Crippen molar-refractivity contribution in [3.8, 4) is 5.75 Å². The molecule has 2 rings (SSSR count). The molecular formula is C14H17FN2OS. The van der Waals surface area contributed by atoms with Crippen LogP contribution < -0.4 is 5.32 Å². The van der Waals surface area contributed by atoms with E-state index in [9.17, 15) is 9.50 Å². The van der Waals surface area contributed by atoms with E-state index in [2.05, 4.69) is 10.3 Å². The van der Waals surface area contributed by atoms with Gasteiger partial charge in [-0.25, -0.2) is 9.37 Å². The average molecular weight is 280 g/mol. The molecule has 1 atom stereocenters. The van der Waals surface area contributed by atoms with Gasteiger partial charge >= 0.3 is 0 Å². The molecule has 0 spiro atoms. The Kier molecular flexibility index (Phi) is 4.50. The summed E-state index contributed by atoms with van der Waals surface area (Å²) in [7, 11) is 0. The Labute approximate surface area is 116 Å². The Balaban J connectivity index is 1.88. The Morgan fingerprint density at radius 1 is 1.47 bits per heavy atom. The number of nitrogens with one attached hydrogen (secondary N) is 1. The maximum atomic E-state index is 13.6. The summed E-state index contributed by atoms with van der Waals surface area (Å²) >= 11 is 1.64. The second-order valence-electron chi connectivity index (χ2n) is 4.49. The van der Waals surface area contributed by atoms with Gasteiger partial charge in [-0.1, -0.05) is 6.07 Å². The van der Waals surface area contributed by atoms with E-state index < -0.39 is 0 Å². The molecule has 0 fully saturated rings. The van der Waals surface area contributed by atoms with Crippen LogP contribution in [0.3, 0.4) is 0 Å². The van der Waals surface area contributed by atoms with E-state index in [1.54, 1.807) is 17.4 Å². The number of phenols is 1. The summed E-state index contributed by atoms with van der Waals surface area (Å²) in [5.74, 6) is -0.434. The predicted octanol–water partition coefficient (Wildman–Crippen LogP) is 3.19. The van der Waals surface area contributed by atoms with Crippen molar-refractivity contribution in [3.05, 3.63) is 45.7 Å². The first kappa shape index (κ1) is 14.0. The highest BCUT2D eigenvalue weighted by atomic mass is 32.1. The van der Waals surface area contributed by atoms with Crippen LogP contribution in [0.25, 0.3) is 0 Å². The number of rotatable bonds is 5. The van der Waals surface area contributed by atoms with Crippen LogP contribution in [0.15, 0.2) is 23.6 Å². The lowest BCUT2D eigenvalue weighted by atomic mass is 10.1. The number of halogens is 1. The highest BCUT2D eigenvalue weighted by Gasteiger charge is 2.11. The number of aromatic hydroxyl groups is 1. The van der Waals surface area contributed by atoms with Crippen molar-refractivity contribution in [2.24, 2.45) is 0 Å². The molecule has 0 aliphatic carbocycles. The zero-order chi connectivity index (χ0) is 13.8. The van der Waals surface area contributed by atoms with E-state index in [-0.39, 0.29) is 17.6 Å². The molecule has 1 heterocycles. The molecule has 0 saturated carbocycles. The summed E-state index contributed by atoms with van der Waals surface area (Å²) < 4.78 is 13.6. The molecule has 1 aromatic carbocycles. The molecular weight excluding hydrogens is 263 g/mol. The smallest absolute Gasteiger partial charge is 0.131 e. The molecule has 0 bridgehead atoms. The monoisotopic (exact) mass is 280 g/mol. The van der Waals surface area contributed by atoms with Gasteiger partial charge in [0, 0.05) is 36.0 Å². The van der Waals surface area contributed by atoms with Gasteiger partial charge in [0.2, 0.25) is 0 Å². The molecule has 0 aliphatic rings. The Hall–Kier alpha value is -1.46. The highest BCUT2D eigenvalue weighted by Crippen LogP contribution is 2.20. The summed E-state index contributed by atoms with van der Waals surface area (Å²) in [6.07, 6.45) is 0.828. The van der Waals surface area contributed by atoms with Gasteiger partial charge in [-0.3, -0.25) is 0 Å². The zero-order valence-corrected chi connectivity index (χ0v) is 11.8. The molecule has 2 aromatic rings. The predicted molar refractivity (Wildman–Crippen MR) is 75.0 cm³/mol. The lowest BCUT2D eigenvalue weighted by molar-refractivity contribution is 0.464. The van der Waals surface area contributed by atoms with Crippen LogP contribution in [0.5, 0.6) is 5.75 Å². The van der Waals surface area contributed by atoms with Crippen LogP contribution in [0.4, 0.5) is 4.39 Å². The van der Waals surface area contributed by atoms with Crippen molar-refractivity contribution < 1.29 is 9.50 Å². The second-order valence-corrected chi connectivity index (χ2v) is 5.55. The minimum absolute atomic E-state index is 0.0496. The standard InChI is InChI=1S/C14H17FN2OS/c1-9(13-4-3-12(18)7-14(13)15)16-6-5-11-8-19-10(2)17-11/h3-4,7-9,16,18H,5-6H2,1-2H3. The van der Waals surface area contributed by atoms with Crippen molar-refractivity contribution in [1.82, 2.24) is 10.3 Å². The Bertz CT molecular complexity index is 556. The highest BCUT2D eigenvalue weighted by molar-refractivity contribution is 7.09. The molecule has 19 heavy (non-hydrogen) atoms. The number of aromatic nitrogens is 1. The number of benzene rings is 1. The van der Waals surface area contributed by atoms with Crippen molar-refractivity contribution in [2.75, 3.05) is 6.54 Å². The molecule has 0 aliphatic heterocycles. The third-order valence-corrected chi connectivity index (χ3v) is 3.77. The fourth-order valence-corrected chi connectivity index (χ4v) is 2.56. The van der Waals surface area contributed by atoms with Gasteiger partial charge in [0.25, 0.3) is 0 Å². The second kappa shape index (κ2) is 6.12. The SMILES string of the molecule is Cc1nc(CCNC(C)c2ccc(O)cc2F)cs1. The molecule has 102 valence electrons. The molecule has 2 N–H and O–H groups in total. The summed E-state index contributed by atoms with van der Waals surface area (Å²) in [6, 6.07) is 4.15. The van der Waals surface area contributed by atoms with Crippen LogP contribution in [0.2, 0.25) is 0 Å². The van der Waals surface area contributed by atoms with E-state index in [1.165, 1.54) is 6.07 Å². The average Bonchev–Trinajstić information content (AvgIpc) is 2.75. The zero-order valence-electron chi connectivity index (χ0n) is 11.0. The molecule has 0 amide bonds. The number of hydrogen-bond acceptors (Lipinski definition) is 4. The summed E-state index contributed by atoms with van der Waals surface area (Å²) in [4.78, 5) is 4.38. The number of nitrogens with zero attached hydrogens (tertiary/aromatic N) is 1. The van der Waals surface area contributed by atoms with Gasteiger partial charge in [-0.05, 0) is 19.9 Å². The first-order valence-electron chi connectivity index (χ1n) is 6.19. The van der Waals surface area contributed by atoms with Crippen molar-refractivity contribution in [2.45, 2.75) is 26.3 Å². The van der Waals surface area contributed by atoms with Gasteiger partial charge in [-0.2, -0.15) is 0 Å². The maximum Gasteiger partial charge on any atom is 0.131 e. The number of phenolic OH excluding ortho intramolecular Hbond substituents is 1. The van der Waals surface area contributed by atoms with E-state index in [4.69, 9.17) is 0 Å². The quantitative estimate of drug-likeness (QED) is 0.884. The van der Waals surface area contributed by atoms with E-state index in [0.29, 0.717) is 5.56 Å². The third kappa shape index (κ3) is 3.75. The molecule has 1 unspecified atom stereocenters. The summed E-state index contributed by atoms with van der Waals surface area (Å²) in [5.41, 5.74) is 1.63. The van der Waals surface area contributed by atoms with Gasteiger partial charge in [-0.15, -0.1) is 11.3 Å². The van der Waals surface area contributed by atoms with Crippen LogP contribution in [-0.2, 0) is 6.42 Å². The van der Waals surface area contributed by atoms with Crippen LogP contribution in [-0.4, -0.2) is 16.6 Å². The lowest BCUT2D eigenvalue weighted by Gasteiger charge is -2.14. The lowest BCUT2D eigenvalue weighted by Crippen LogP contribution is -2.22. The number of thiazole rings is 1. The van der Waals surface area contributed by atoms with Crippen LogP contribution >= 0.6 is 11.3 Å². The fraction of sp³-hybridized carbons (Fsp3) is 0.357. The van der Waals surface area contributed by atoms with Crippen LogP contribution in [0.1, 0.15) is 29.2 Å². The fourth-order valence-electron chi connectivity index (χ4n) is 1.92. The minimum Gasteiger partial charge on any atom is -0.508 e. The van der Waals surface area contributed by atoms with Gasteiger partial charge in [0.05, 0.1) is 10.7 Å². The summed E-state index contributed by atoms with van der Waals surface area (Å²) in [5, 5.41) is 15.5. The first-order valence-corrected chi connectivity index (χ1v) is 7.07. The van der Waals surface area contributed by atoms with Crippen molar-refractivity contribution in [1.29, 1.82) is 0 Å². The molecule has 1 aromatic heterocycles. The Morgan fingerprint density at radius 2 is 2.26 bits per heavy atom. The number of aryl methyl sites for hydroxylation is 1. The maximum absolute atomic E-state index is 13.6. The molecule has 3 nitrogen and oxygen atoms in total. The van der Waals surface area contributed by atoms with Crippen LogP contribution in [0, 0.1) is 12.7 Å². The van der Waals surface area contributed by atoms with Gasteiger partial charge in [0.15, 0.2) is 0 Å². The minimum atomic E-state index is -0.385. The molecule has 5 heteroatoms. The van der Waals surface area contributed by atoms with Crippen molar-refractivity contribution >= 4 is 11.3 Å². The van der Waals surface area contributed by atoms with Crippen molar-refractivity contribution in [3.63, 3.8) is 0 Å². The normalized spacial score (nSPS) is 12.6. The topological polar surface area (TPSA) is 45.2 Å². The van der Waals surface area contributed by atoms with E-state index >= 15 is 0 Å². The largest absolute Gasteiger partial charge is 0.508 e. The first-order chi connectivity index (χ1) is 9.06. The van der Waals surface area contributed by atoms with E-state index in [0.717, 1.165) is 29.7 Å². The van der Waals surface area contributed by atoms with E-state index in [1.807, 2.05) is 19.2 Å². The third-order valence-electron chi connectivity index (χ3n) is 2.95. The number of hydrogen-bond donors (Lipinski definition) is 2. The van der Waals surface area contributed by atoms with Gasteiger partial charge in [0.1, 0.15) is 11.6 Å². The Morgan fingerprint density at radius 3 is 2.89 bits per heavy atom. The summed E-state index contributed by atoms with van der Waals surface area (Å²) in [6.45, 7) is 4.63. The molecule has 0 radical (unpaired) electrons.